The van der Waals surface area contributed by atoms with Crippen LogP contribution in [0.3, 0.4) is 0 Å². The highest BCUT2D eigenvalue weighted by Crippen LogP contribution is 2.20. The molecule has 114 valence electrons. The van der Waals surface area contributed by atoms with E-state index in [-0.39, 0.29) is 11.9 Å². The van der Waals surface area contributed by atoms with Crippen LogP contribution in [-0.4, -0.2) is 16.1 Å². The van der Waals surface area contributed by atoms with Crippen molar-refractivity contribution in [1.82, 2.24) is 10.3 Å². The molecule has 0 saturated carbocycles. The molecule has 3 rings (SSSR count). The molecule has 1 aromatic heterocycles. The molecule has 0 aliphatic carbocycles. The van der Waals surface area contributed by atoms with Crippen LogP contribution in [0.4, 0.5) is 4.39 Å². The van der Waals surface area contributed by atoms with Gasteiger partial charge in [0.05, 0.1) is 6.10 Å². The van der Waals surface area contributed by atoms with E-state index in [0.29, 0.717) is 12.1 Å². The van der Waals surface area contributed by atoms with Gasteiger partial charge in [-0.25, -0.2) is 4.39 Å². The number of nitrogens with one attached hydrogen (secondary N) is 2. The lowest BCUT2D eigenvalue weighted by Crippen LogP contribution is -2.31. The van der Waals surface area contributed by atoms with Crippen LogP contribution in [0.2, 0.25) is 0 Å². The summed E-state index contributed by atoms with van der Waals surface area (Å²) >= 11 is 0. The zero-order valence-electron chi connectivity index (χ0n) is 12.4. The van der Waals surface area contributed by atoms with Crippen molar-refractivity contribution in [2.75, 3.05) is 0 Å². The second-order valence-electron chi connectivity index (χ2n) is 5.52. The Labute approximate surface area is 128 Å². The molecule has 2 atom stereocenters. The number of fused-ring (bicyclic) bond motifs is 1. The Morgan fingerprint density at radius 2 is 1.91 bits per heavy atom. The minimum absolute atomic E-state index is 0.139. The molecule has 0 amide bonds. The topological polar surface area (TPSA) is 48.0 Å². The van der Waals surface area contributed by atoms with Gasteiger partial charge in [0.1, 0.15) is 5.82 Å². The van der Waals surface area contributed by atoms with Gasteiger partial charge in [0.15, 0.2) is 0 Å². The third-order valence-corrected chi connectivity index (χ3v) is 3.98. The standard InChI is InChI=1S/C18H19FN2O/c1-12(18(22)13-5-7-15(19)8-6-13)21-11-14-3-2-4-17-16(14)9-10-20-17/h2-10,12,18,20-22H,11H2,1H3. The lowest BCUT2D eigenvalue weighted by Gasteiger charge is -2.21. The maximum atomic E-state index is 12.9. The summed E-state index contributed by atoms with van der Waals surface area (Å²) in [4.78, 5) is 3.19. The Balaban J connectivity index is 1.68. The second-order valence-corrected chi connectivity index (χ2v) is 5.52. The van der Waals surface area contributed by atoms with Crippen LogP contribution in [-0.2, 0) is 6.54 Å². The number of benzene rings is 2. The van der Waals surface area contributed by atoms with Crippen LogP contribution >= 0.6 is 0 Å². The van der Waals surface area contributed by atoms with Crippen molar-refractivity contribution in [1.29, 1.82) is 0 Å². The molecule has 2 aromatic carbocycles. The molecule has 22 heavy (non-hydrogen) atoms. The number of aliphatic hydroxyl groups is 1. The molecular formula is C18H19FN2O. The molecule has 3 aromatic rings. The van der Waals surface area contributed by atoms with Gasteiger partial charge in [-0.3, -0.25) is 0 Å². The van der Waals surface area contributed by atoms with Crippen LogP contribution < -0.4 is 5.32 Å². The first-order valence-corrected chi connectivity index (χ1v) is 7.37. The largest absolute Gasteiger partial charge is 0.387 e. The van der Waals surface area contributed by atoms with E-state index in [2.05, 4.69) is 16.4 Å². The number of aromatic amines is 1. The van der Waals surface area contributed by atoms with E-state index >= 15 is 0 Å². The highest BCUT2D eigenvalue weighted by Gasteiger charge is 2.16. The fraction of sp³-hybridized carbons (Fsp3) is 0.222. The zero-order chi connectivity index (χ0) is 15.5. The lowest BCUT2D eigenvalue weighted by molar-refractivity contribution is 0.135. The van der Waals surface area contributed by atoms with E-state index in [1.165, 1.54) is 23.1 Å². The highest BCUT2D eigenvalue weighted by atomic mass is 19.1. The van der Waals surface area contributed by atoms with Crippen molar-refractivity contribution < 1.29 is 9.50 Å². The lowest BCUT2D eigenvalue weighted by atomic mass is 10.0. The predicted octanol–water partition coefficient (Wildman–Crippen LogP) is 3.52. The summed E-state index contributed by atoms with van der Waals surface area (Å²) in [7, 11) is 0. The third kappa shape index (κ3) is 3.03. The first kappa shape index (κ1) is 14.8. The van der Waals surface area contributed by atoms with Gasteiger partial charge < -0.3 is 15.4 Å². The fourth-order valence-electron chi connectivity index (χ4n) is 2.64. The molecule has 0 bridgehead atoms. The summed E-state index contributed by atoms with van der Waals surface area (Å²) in [6.07, 6.45) is 1.25. The van der Waals surface area contributed by atoms with E-state index in [0.717, 1.165) is 5.52 Å². The Kier molecular flexibility index (Phi) is 4.22. The highest BCUT2D eigenvalue weighted by molar-refractivity contribution is 5.82. The van der Waals surface area contributed by atoms with Crippen LogP contribution in [0, 0.1) is 5.82 Å². The normalized spacial score (nSPS) is 14.1. The predicted molar refractivity (Wildman–Crippen MR) is 86.0 cm³/mol. The SMILES string of the molecule is CC(NCc1cccc2[nH]ccc12)C(O)c1ccc(F)cc1. The van der Waals surface area contributed by atoms with Gasteiger partial charge in [-0.2, -0.15) is 0 Å². The summed E-state index contributed by atoms with van der Waals surface area (Å²) < 4.78 is 12.9. The van der Waals surface area contributed by atoms with E-state index in [1.54, 1.807) is 12.1 Å². The maximum absolute atomic E-state index is 12.9. The van der Waals surface area contributed by atoms with Crippen LogP contribution in [0.25, 0.3) is 10.9 Å². The molecule has 3 N–H and O–H groups in total. The van der Waals surface area contributed by atoms with Crippen molar-refractivity contribution in [2.45, 2.75) is 25.6 Å². The summed E-state index contributed by atoms with van der Waals surface area (Å²) in [5, 5.41) is 14.9. The maximum Gasteiger partial charge on any atom is 0.123 e. The molecular weight excluding hydrogens is 279 g/mol. The first-order valence-electron chi connectivity index (χ1n) is 7.37. The minimum atomic E-state index is -0.675. The van der Waals surface area contributed by atoms with Crippen LogP contribution in [0.15, 0.2) is 54.7 Å². The summed E-state index contributed by atoms with van der Waals surface area (Å²) in [6.45, 7) is 2.58. The molecule has 4 heteroatoms. The smallest absolute Gasteiger partial charge is 0.123 e. The third-order valence-electron chi connectivity index (χ3n) is 3.98. The molecule has 0 spiro atoms. The van der Waals surface area contributed by atoms with Gasteiger partial charge in [-0.05, 0) is 42.3 Å². The average Bonchev–Trinajstić information content (AvgIpc) is 3.01. The number of aliphatic hydroxyl groups excluding tert-OH is 1. The van der Waals surface area contributed by atoms with Crippen molar-refractivity contribution >= 4 is 10.9 Å². The van der Waals surface area contributed by atoms with Crippen molar-refractivity contribution in [2.24, 2.45) is 0 Å². The van der Waals surface area contributed by atoms with Gasteiger partial charge in [0, 0.05) is 29.7 Å². The number of hydrogen-bond acceptors (Lipinski definition) is 2. The molecule has 0 aliphatic rings. The molecule has 2 unspecified atom stereocenters. The van der Waals surface area contributed by atoms with Crippen LogP contribution in [0.5, 0.6) is 0 Å². The van der Waals surface area contributed by atoms with Gasteiger partial charge in [0.25, 0.3) is 0 Å². The number of rotatable bonds is 5. The van der Waals surface area contributed by atoms with Gasteiger partial charge in [-0.1, -0.05) is 24.3 Å². The average molecular weight is 298 g/mol. The Bertz CT molecular complexity index is 751. The Hall–Kier alpha value is -2.17. The molecule has 1 heterocycles. The number of halogens is 1. The first-order chi connectivity index (χ1) is 10.6. The van der Waals surface area contributed by atoms with E-state index in [9.17, 15) is 9.50 Å². The molecule has 0 fully saturated rings. The second kappa shape index (κ2) is 6.30. The van der Waals surface area contributed by atoms with E-state index < -0.39 is 6.10 Å². The molecule has 3 nitrogen and oxygen atoms in total. The van der Waals surface area contributed by atoms with Crippen molar-refractivity contribution in [3.63, 3.8) is 0 Å². The van der Waals surface area contributed by atoms with Crippen LogP contribution in [0.1, 0.15) is 24.2 Å². The molecule has 0 aliphatic heterocycles. The molecule has 0 saturated heterocycles. The Morgan fingerprint density at radius 1 is 1.14 bits per heavy atom. The summed E-state index contributed by atoms with van der Waals surface area (Å²) in [6, 6.07) is 14.0. The van der Waals surface area contributed by atoms with E-state index in [1.807, 2.05) is 31.3 Å². The van der Waals surface area contributed by atoms with Gasteiger partial charge >= 0.3 is 0 Å². The Morgan fingerprint density at radius 3 is 2.68 bits per heavy atom. The molecule has 0 radical (unpaired) electrons. The quantitative estimate of drug-likeness (QED) is 0.675. The van der Waals surface area contributed by atoms with Gasteiger partial charge in [0.2, 0.25) is 0 Å². The van der Waals surface area contributed by atoms with E-state index in [4.69, 9.17) is 0 Å². The van der Waals surface area contributed by atoms with Crippen molar-refractivity contribution in [3.05, 3.63) is 71.7 Å². The minimum Gasteiger partial charge on any atom is -0.387 e. The van der Waals surface area contributed by atoms with Crippen molar-refractivity contribution in [3.8, 4) is 0 Å². The van der Waals surface area contributed by atoms with Gasteiger partial charge in [-0.15, -0.1) is 0 Å². The summed E-state index contributed by atoms with van der Waals surface area (Å²) in [5.74, 6) is -0.296. The number of H-pyrrole nitrogens is 1. The monoisotopic (exact) mass is 298 g/mol. The zero-order valence-corrected chi connectivity index (χ0v) is 12.4. The number of aromatic nitrogens is 1. The fourth-order valence-corrected chi connectivity index (χ4v) is 2.64. The number of hydrogen-bond donors (Lipinski definition) is 3. The summed E-state index contributed by atoms with van der Waals surface area (Å²) in [5.41, 5.74) is 2.99.